The largest absolute Gasteiger partial charge is 0.391 e. The van der Waals surface area contributed by atoms with Crippen LogP contribution >= 0.6 is 0 Å². The Balaban J connectivity index is 3.83. The summed E-state index contributed by atoms with van der Waals surface area (Å²) in [5.74, 6) is 0.0129. The van der Waals surface area contributed by atoms with Crippen molar-refractivity contribution < 1.29 is 9.90 Å². The standard InChI is InChI=1S/C16H34N2O2/c1-3-5-7-8-10-11-15(19)14(13-17)18-16(20)12-9-6-4-2/h14-15,19H,3-13,17H2,1-2H3,(H,18,20)/t14-,15+/m0/s1. The van der Waals surface area contributed by atoms with Gasteiger partial charge in [-0.1, -0.05) is 58.8 Å². The van der Waals surface area contributed by atoms with Crippen molar-refractivity contribution >= 4 is 5.91 Å². The molecule has 0 aromatic carbocycles. The molecule has 0 aliphatic heterocycles. The minimum atomic E-state index is -0.517. The molecule has 0 saturated carbocycles. The minimum Gasteiger partial charge on any atom is -0.391 e. The second-order valence-electron chi connectivity index (χ2n) is 5.64. The number of carbonyl (C=O) groups excluding carboxylic acids is 1. The molecule has 120 valence electrons. The van der Waals surface area contributed by atoms with Gasteiger partial charge in [-0.15, -0.1) is 0 Å². The van der Waals surface area contributed by atoms with Gasteiger partial charge in [0, 0.05) is 13.0 Å². The van der Waals surface area contributed by atoms with E-state index in [0.717, 1.165) is 38.5 Å². The van der Waals surface area contributed by atoms with Gasteiger partial charge in [0.05, 0.1) is 12.1 Å². The fourth-order valence-corrected chi connectivity index (χ4v) is 2.28. The zero-order chi connectivity index (χ0) is 15.2. The zero-order valence-electron chi connectivity index (χ0n) is 13.4. The Morgan fingerprint density at radius 3 is 2.25 bits per heavy atom. The van der Waals surface area contributed by atoms with Crippen molar-refractivity contribution in [2.45, 2.75) is 90.2 Å². The summed E-state index contributed by atoms with van der Waals surface area (Å²) in [6.45, 7) is 4.60. The topological polar surface area (TPSA) is 75.3 Å². The lowest BCUT2D eigenvalue weighted by atomic mass is 10.0. The van der Waals surface area contributed by atoms with E-state index in [4.69, 9.17) is 5.73 Å². The summed E-state index contributed by atoms with van der Waals surface area (Å²) >= 11 is 0. The maximum absolute atomic E-state index is 11.7. The Kier molecular flexibility index (Phi) is 13.0. The van der Waals surface area contributed by atoms with Gasteiger partial charge in [-0.25, -0.2) is 0 Å². The van der Waals surface area contributed by atoms with Crippen LogP contribution in [0.3, 0.4) is 0 Å². The molecule has 0 aromatic heterocycles. The van der Waals surface area contributed by atoms with Crippen molar-refractivity contribution in [1.82, 2.24) is 5.32 Å². The maximum Gasteiger partial charge on any atom is 0.220 e. The van der Waals surface area contributed by atoms with E-state index in [9.17, 15) is 9.90 Å². The van der Waals surface area contributed by atoms with Crippen LogP contribution in [-0.4, -0.2) is 29.7 Å². The monoisotopic (exact) mass is 286 g/mol. The Hall–Kier alpha value is -0.610. The molecule has 0 heterocycles. The summed E-state index contributed by atoms with van der Waals surface area (Å²) in [6.07, 6.45) is 9.68. The van der Waals surface area contributed by atoms with Crippen LogP contribution in [0.5, 0.6) is 0 Å². The zero-order valence-corrected chi connectivity index (χ0v) is 13.4. The molecule has 2 atom stereocenters. The summed E-state index contributed by atoms with van der Waals surface area (Å²) in [6, 6.07) is -0.296. The van der Waals surface area contributed by atoms with Crippen molar-refractivity contribution in [3.63, 3.8) is 0 Å². The molecule has 0 radical (unpaired) electrons. The van der Waals surface area contributed by atoms with E-state index >= 15 is 0 Å². The lowest BCUT2D eigenvalue weighted by Gasteiger charge is -2.22. The van der Waals surface area contributed by atoms with E-state index < -0.39 is 6.10 Å². The summed E-state index contributed by atoms with van der Waals surface area (Å²) in [4.78, 5) is 11.7. The van der Waals surface area contributed by atoms with Crippen molar-refractivity contribution in [2.24, 2.45) is 5.73 Å². The van der Waals surface area contributed by atoms with E-state index in [-0.39, 0.29) is 11.9 Å². The van der Waals surface area contributed by atoms with Gasteiger partial charge in [0.25, 0.3) is 0 Å². The van der Waals surface area contributed by atoms with Crippen molar-refractivity contribution in [3.8, 4) is 0 Å². The van der Waals surface area contributed by atoms with Crippen LogP contribution in [0.15, 0.2) is 0 Å². The Labute approximate surface area is 124 Å². The van der Waals surface area contributed by atoms with Crippen LogP contribution < -0.4 is 11.1 Å². The first-order valence-electron chi connectivity index (χ1n) is 8.33. The van der Waals surface area contributed by atoms with Crippen molar-refractivity contribution in [3.05, 3.63) is 0 Å². The van der Waals surface area contributed by atoms with Gasteiger partial charge in [-0.3, -0.25) is 4.79 Å². The number of rotatable bonds is 13. The molecular weight excluding hydrogens is 252 g/mol. The number of amides is 1. The quantitative estimate of drug-likeness (QED) is 0.456. The number of unbranched alkanes of at least 4 members (excludes halogenated alkanes) is 6. The average Bonchev–Trinajstić information content (AvgIpc) is 2.44. The van der Waals surface area contributed by atoms with Gasteiger partial charge in [-0.05, 0) is 12.8 Å². The Morgan fingerprint density at radius 1 is 1.05 bits per heavy atom. The fraction of sp³-hybridized carbons (Fsp3) is 0.938. The molecular formula is C16H34N2O2. The second-order valence-corrected chi connectivity index (χ2v) is 5.64. The molecule has 0 spiro atoms. The third-order valence-corrected chi connectivity index (χ3v) is 3.68. The van der Waals surface area contributed by atoms with Crippen LogP contribution in [0.2, 0.25) is 0 Å². The summed E-state index contributed by atoms with van der Waals surface area (Å²) in [5, 5.41) is 13.0. The van der Waals surface area contributed by atoms with E-state index in [1.807, 2.05) is 0 Å². The van der Waals surface area contributed by atoms with Gasteiger partial charge in [0.15, 0.2) is 0 Å². The first-order chi connectivity index (χ1) is 9.65. The predicted molar refractivity (Wildman–Crippen MR) is 84.5 cm³/mol. The van der Waals surface area contributed by atoms with Crippen LogP contribution in [0.25, 0.3) is 0 Å². The van der Waals surface area contributed by atoms with E-state index in [0.29, 0.717) is 13.0 Å². The molecule has 0 aliphatic rings. The molecule has 0 unspecified atom stereocenters. The van der Waals surface area contributed by atoms with Crippen molar-refractivity contribution in [2.75, 3.05) is 6.54 Å². The van der Waals surface area contributed by atoms with Crippen LogP contribution in [0.4, 0.5) is 0 Å². The molecule has 0 bridgehead atoms. The van der Waals surface area contributed by atoms with E-state index in [1.165, 1.54) is 19.3 Å². The van der Waals surface area contributed by atoms with Gasteiger partial charge in [0.2, 0.25) is 5.91 Å². The number of nitrogens with one attached hydrogen (secondary N) is 1. The molecule has 20 heavy (non-hydrogen) atoms. The summed E-state index contributed by atoms with van der Waals surface area (Å²) in [7, 11) is 0. The van der Waals surface area contributed by atoms with Crippen molar-refractivity contribution in [1.29, 1.82) is 0 Å². The molecule has 0 aliphatic carbocycles. The van der Waals surface area contributed by atoms with E-state index in [2.05, 4.69) is 19.2 Å². The van der Waals surface area contributed by atoms with Gasteiger partial charge < -0.3 is 16.2 Å². The number of aliphatic hydroxyl groups excluding tert-OH is 1. The summed E-state index contributed by atoms with van der Waals surface area (Å²) in [5.41, 5.74) is 5.65. The lowest BCUT2D eigenvalue weighted by molar-refractivity contribution is -0.122. The Morgan fingerprint density at radius 2 is 1.65 bits per heavy atom. The molecule has 1 amide bonds. The maximum atomic E-state index is 11.7. The highest BCUT2D eigenvalue weighted by atomic mass is 16.3. The third kappa shape index (κ3) is 10.2. The normalized spacial score (nSPS) is 14.0. The average molecular weight is 286 g/mol. The highest BCUT2D eigenvalue weighted by molar-refractivity contribution is 5.76. The second kappa shape index (κ2) is 13.4. The van der Waals surface area contributed by atoms with Gasteiger partial charge in [-0.2, -0.15) is 0 Å². The van der Waals surface area contributed by atoms with Crippen LogP contribution in [0.1, 0.15) is 78.1 Å². The molecule has 4 heteroatoms. The number of nitrogens with two attached hydrogens (primary N) is 1. The number of carbonyl (C=O) groups is 1. The van der Waals surface area contributed by atoms with Gasteiger partial charge >= 0.3 is 0 Å². The SMILES string of the molecule is CCCCCCC[C@@H](O)[C@H](CN)NC(=O)CCCCC. The molecule has 4 N–H and O–H groups in total. The smallest absolute Gasteiger partial charge is 0.220 e. The molecule has 0 fully saturated rings. The number of hydrogen-bond acceptors (Lipinski definition) is 3. The minimum absolute atomic E-state index is 0.0129. The van der Waals surface area contributed by atoms with Gasteiger partial charge in [0.1, 0.15) is 0 Å². The molecule has 0 rings (SSSR count). The highest BCUT2D eigenvalue weighted by Gasteiger charge is 2.19. The third-order valence-electron chi connectivity index (χ3n) is 3.68. The Bertz CT molecular complexity index is 235. The summed E-state index contributed by atoms with van der Waals surface area (Å²) < 4.78 is 0. The van der Waals surface area contributed by atoms with E-state index in [1.54, 1.807) is 0 Å². The number of aliphatic hydroxyl groups is 1. The fourth-order valence-electron chi connectivity index (χ4n) is 2.28. The number of hydrogen-bond donors (Lipinski definition) is 3. The lowest BCUT2D eigenvalue weighted by Crippen LogP contribution is -2.48. The van der Waals surface area contributed by atoms with Crippen LogP contribution in [0, 0.1) is 0 Å². The molecule has 0 saturated heterocycles. The van der Waals surface area contributed by atoms with Crippen LogP contribution in [-0.2, 0) is 4.79 Å². The molecule has 4 nitrogen and oxygen atoms in total. The first kappa shape index (κ1) is 19.4. The first-order valence-corrected chi connectivity index (χ1v) is 8.33. The highest BCUT2D eigenvalue weighted by Crippen LogP contribution is 2.09. The molecule has 0 aromatic rings. The predicted octanol–water partition coefficient (Wildman–Crippen LogP) is 2.73.